The SMILES string of the molecule is [2H][C@@]1(n2cc(CO)c(=S)[nH]c2=O)O[C@](F)(COP2(=O)OCc3cc(Cl)ccc3O2)[C@@H](O)[C@H]1O. The summed E-state index contributed by atoms with van der Waals surface area (Å²) in [5.74, 6) is -3.19. The van der Waals surface area contributed by atoms with Crippen LogP contribution in [-0.2, 0) is 31.6 Å². The number of alkyl halides is 1. The summed E-state index contributed by atoms with van der Waals surface area (Å²) in [6.45, 7) is -2.17. The number of nitrogens with zero attached hydrogens (tertiary/aromatic N) is 1. The molecule has 11 nitrogen and oxygen atoms in total. The fourth-order valence-electron chi connectivity index (χ4n) is 3.03. The molecule has 0 amide bonds. The van der Waals surface area contributed by atoms with Crippen LogP contribution in [0.5, 0.6) is 5.75 Å². The number of phosphoric ester groups is 1. The van der Waals surface area contributed by atoms with E-state index in [1.54, 1.807) is 0 Å². The summed E-state index contributed by atoms with van der Waals surface area (Å²) in [4.78, 5) is 14.4. The Bertz CT molecular complexity index is 1260. The fraction of sp³-hybridized carbons (Fsp3) is 0.412. The third-order valence-electron chi connectivity index (χ3n) is 4.72. The maximum atomic E-state index is 15.5. The van der Waals surface area contributed by atoms with Gasteiger partial charge in [-0.15, -0.1) is 0 Å². The van der Waals surface area contributed by atoms with Gasteiger partial charge in [-0.25, -0.2) is 13.8 Å². The van der Waals surface area contributed by atoms with Crippen LogP contribution < -0.4 is 10.2 Å². The topological polar surface area (TPSA) is 152 Å². The lowest BCUT2D eigenvalue weighted by Crippen LogP contribution is -2.43. The van der Waals surface area contributed by atoms with Gasteiger partial charge in [-0.2, -0.15) is 0 Å². The third kappa shape index (κ3) is 4.28. The van der Waals surface area contributed by atoms with Crippen molar-refractivity contribution in [3.8, 4) is 5.75 Å². The Morgan fingerprint density at radius 3 is 2.97 bits per heavy atom. The lowest BCUT2D eigenvalue weighted by atomic mass is 10.1. The molecule has 1 aromatic heterocycles. The number of hydrogen-bond acceptors (Lipinski definition) is 10. The van der Waals surface area contributed by atoms with Crippen LogP contribution in [0.3, 0.4) is 0 Å². The van der Waals surface area contributed by atoms with Crippen LogP contribution in [-0.4, -0.2) is 49.5 Å². The maximum Gasteiger partial charge on any atom is 0.530 e. The Kier molecular flexibility index (Phi) is 5.95. The standard InChI is InChI=1S/C17H17ClFN2O9PS/c18-10-1-2-11-8(3-10)6-27-31(26,30-11)28-7-17(19)13(24)12(23)15(29-17)21-4-9(5-22)14(32)20-16(21)25/h1-4,12-13,15,22-24H,5-7H2,(H,20,25,32)/t12-,13+,15-,17-,31?/m1/s1/i15D. The third-order valence-corrected chi connectivity index (χ3v) is 6.63. The highest BCUT2D eigenvalue weighted by molar-refractivity contribution is 7.71. The van der Waals surface area contributed by atoms with Gasteiger partial charge in [-0.1, -0.05) is 23.8 Å². The van der Waals surface area contributed by atoms with E-state index in [4.69, 9.17) is 43.5 Å². The van der Waals surface area contributed by atoms with Gasteiger partial charge in [0, 0.05) is 22.3 Å². The Hall–Kier alpha value is -1.67. The number of H-pyrrole nitrogens is 1. The molecule has 32 heavy (non-hydrogen) atoms. The molecule has 174 valence electrons. The van der Waals surface area contributed by atoms with Crippen LogP contribution in [0, 0.1) is 4.64 Å². The lowest BCUT2D eigenvalue weighted by molar-refractivity contribution is -0.205. The number of nitrogens with one attached hydrogen (secondary N) is 1. The number of hydrogen-bond donors (Lipinski definition) is 4. The van der Waals surface area contributed by atoms with Gasteiger partial charge in [0.15, 0.2) is 6.20 Å². The molecule has 1 saturated heterocycles. The Balaban J connectivity index is 1.57. The molecule has 1 aromatic carbocycles. The van der Waals surface area contributed by atoms with E-state index in [1.165, 1.54) is 18.2 Å². The van der Waals surface area contributed by atoms with E-state index in [0.29, 0.717) is 15.2 Å². The molecule has 0 bridgehead atoms. The predicted octanol–water partition coefficient (Wildman–Crippen LogP) is 1.70. The van der Waals surface area contributed by atoms with Gasteiger partial charge >= 0.3 is 13.5 Å². The molecule has 0 radical (unpaired) electrons. The summed E-state index contributed by atoms with van der Waals surface area (Å²) in [6, 6.07) is 4.38. The van der Waals surface area contributed by atoms with Crippen molar-refractivity contribution in [2.75, 3.05) is 6.61 Å². The number of aromatic nitrogens is 2. The molecule has 2 aromatic rings. The highest BCUT2D eigenvalue weighted by Crippen LogP contribution is 2.56. The largest absolute Gasteiger partial charge is 0.530 e. The molecule has 0 aliphatic carbocycles. The smallest absolute Gasteiger partial charge is 0.404 e. The molecule has 3 heterocycles. The average Bonchev–Trinajstić information content (AvgIpc) is 2.94. The molecule has 2 aliphatic heterocycles. The molecule has 1 fully saturated rings. The van der Waals surface area contributed by atoms with E-state index in [1.807, 2.05) is 0 Å². The summed E-state index contributed by atoms with van der Waals surface area (Å²) in [5, 5.41) is 30.3. The summed E-state index contributed by atoms with van der Waals surface area (Å²) >= 11 is 10.7. The molecule has 0 spiro atoms. The molecule has 4 rings (SSSR count). The van der Waals surface area contributed by atoms with Crippen molar-refractivity contribution in [3.63, 3.8) is 0 Å². The van der Waals surface area contributed by atoms with Crippen molar-refractivity contribution in [1.29, 1.82) is 0 Å². The Morgan fingerprint density at radius 1 is 1.50 bits per heavy atom. The molecular weight excluding hydrogens is 494 g/mol. The van der Waals surface area contributed by atoms with E-state index < -0.39 is 51.0 Å². The number of benzene rings is 1. The van der Waals surface area contributed by atoms with Crippen LogP contribution >= 0.6 is 31.6 Å². The van der Waals surface area contributed by atoms with E-state index in [0.717, 1.165) is 6.20 Å². The number of halogens is 2. The normalized spacial score (nSPS) is 34.6. The molecule has 15 heteroatoms. The number of aliphatic hydroxyl groups is 3. The second kappa shape index (κ2) is 8.60. The van der Waals surface area contributed by atoms with Crippen molar-refractivity contribution in [2.45, 2.75) is 37.5 Å². The number of phosphoric acid groups is 1. The zero-order valence-corrected chi connectivity index (χ0v) is 18.4. The highest BCUT2D eigenvalue weighted by Gasteiger charge is 2.57. The molecule has 5 atom stereocenters. The summed E-state index contributed by atoms with van der Waals surface area (Å²) < 4.78 is 57.0. The fourth-order valence-corrected chi connectivity index (χ4v) is 4.66. The van der Waals surface area contributed by atoms with Crippen LogP contribution in [0.15, 0.2) is 29.2 Å². The van der Waals surface area contributed by atoms with Gasteiger partial charge in [0.1, 0.15) is 29.2 Å². The van der Waals surface area contributed by atoms with Gasteiger partial charge in [0.05, 0.1) is 14.6 Å². The first kappa shape index (κ1) is 22.1. The van der Waals surface area contributed by atoms with Gasteiger partial charge in [0.25, 0.3) is 5.85 Å². The first-order chi connectivity index (χ1) is 15.4. The van der Waals surface area contributed by atoms with E-state index >= 15 is 4.39 Å². The first-order valence-corrected chi connectivity index (χ1v) is 11.2. The lowest BCUT2D eigenvalue weighted by Gasteiger charge is -2.28. The Morgan fingerprint density at radius 2 is 2.25 bits per heavy atom. The predicted molar refractivity (Wildman–Crippen MR) is 108 cm³/mol. The number of rotatable bonds is 5. The van der Waals surface area contributed by atoms with Gasteiger partial charge < -0.3 is 24.6 Å². The van der Waals surface area contributed by atoms with Crippen molar-refractivity contribution >= 4 is 31.6 Å². The molecule has 1 unspecified atom stereocenters. The van der Waals surface area contributed by atoms with E-state index in [2.05, 4.69) is 4.98 Å². The summed E-state index contributed by atoms with van der Waals surface area (Å²) in [5.41, 5.74) is -0.641. The number of aromatic amines is 1. The minimum absolute atomic E-state index is 0.0265. The van der Waals surface area contributed by atoms with Crippen molar-refractivity contribution < 1.29 is 44.0 Å². The first-order valence-electron chi connectivity index (χ1n) is 9.49. The van der Waals surface area contributed by atoms with Crippen LogP contribution in [0.1, 0.15) is 18.7 Å². The van der Waals surface area contributed by atoms with E-state index in [-0.39, 0.29) is 22.6 Å². The molecule has 0 saturated carbocycles. The molecular formula is C17H17ClFN2O9PS. The minimum Gasteiger partial charge on any atom is -0.404 e. The molecule has 4 N–H and O–H groups in total. The zero-order chi connectivity index (χ0) is 24.2. The van der Waals surface area contributed by atoms with Gasteiger partial charge in [0.2, 0.25) is 0 Å². The van der Waals surface area contributed by atoms with Crippen LogP contribution in [0.25, 0.3) is 0 Å². The van der Waals surface area contributed by atoms with Crippen molar-refractivity contribution in [2.24, 2.45) is 0 Å². The Labute approximate surface area is 190 Å². The monoisotopic (exact) mass is 511 g/mol. The van der Waals surface area contributed by atoms with Crippen LogP contribution in [0.2, 0.25) is 5.02 Å². The maximum absolute atomic E-state index is 15.5. The second-order valence-corrected chi connectivity index (χ2v) is 9.33. The van der Waals surface area contributed by atoms with E-state index in [9.17, 15) is 24.7 Å². The van der Waals surface area contributed by atoms with Crippen molar-refractivity contribution in [1.82, 2.24) is 9.55 Å². The summed E-state index contributed by atoms with van der Waals surface area (Å²) in [7, 11) is -4.38. The van der Waals surface area contributed by atoms with Crippen molar-refractivity contribution in [3.05, 3.63) is 55.7 Å². The quantitative estimate of drug-likeness (QED) is 0.344. The number of aliphatic hydroxyl groups excluding tert-OH is 3. The number of ether oxygens (including phenoxy) is 1. The summed E-state index contributed by atoms with van der Waals surface area (Å²) in [6.07, 6.45) is -6.74. The minimum atomic E-state index is -4.38. The van der Waals surface area contributed by atoms with Gasteiger partial charge in [-0.05, 0) is 18.2 Å². The highest BCUT2D eigenvalue weighted by atomic mass is 35.5. The van der Waals surface area contributed by atoms with Crippen LogP contribution in [0.4, 0.5) is 4.39 Å². The van der Waals surface area contributed by atoms with Gasteiger partial charge in [-0.3, -0.25) is 18.6 Å². The number of fused-ring (bicyclic) bond motifs is 1. The zero-order valence-electron chi connectivity index (χ0n) is 16.9. The second-order valence-electron chi connectivity index (χ2n) is 6.90. The average molecular weight is 512 g/mol. The molecule has 2 aliphatic rings.